The zero-order chi connectivity index (χ0) is 14.8. The summed E-state index contributed by atoms with van der Waals surface area (Å²) in [5.74, 6) is -0.188. The molecule has 2 heterocycles. The maximum Gasteiger partial charge on any atom is 0.240 e. The normalized spacial score (nSPS) is 21.7. The Labute approximate surface area is 119 Å². The molecular weight excluding hydrogens is 280 g/mol. The summed E-state index contributed by atoms with van der Waals surface area (Å²) in [5, 5.41) is 4.21. The van der Waals surface area contributed by atoms with Gasteiger partial charge < -0.3 is 4.90 Å². The molecule has 0 radical (unpaired) electrons. The fourth-order valence-electron chi connectivity index (χ4n) is 2.51. The fraction of sp³-hybridized carbons (Fsp3) is 0.667. The number of piperidine rings is 1. The van der Waals surface area contributed by atoms with Crippen LogP contribution in [-0.4, -0.2) is 54.4 Å². The predicted molar refractivity (Wildman–Crippen MR) is 74.5 cm³/mol. The van der Waals surface area contributed by atoms with Gasteiger partial charge in [0.2, 0.25) is 15.9 Å². The second-order valence-corrected chi connectivity index (χ2v) is 6.96. The van der Waals surface area contributed by atoms with E-state index in [1.807, 2.05) is 16.9 Å². The first-order valence-corrected chi connectivity index (χ1v) is 8.51. The van der Waals surface area contributed by atoms with Gasteiger partial charge in [0.1, 0.15) is 0 Å². The number of likely N-dealkylation sites (tertiary alicyclic amines) is 1. The Bertz CT molecular complexity index is 555. The van der Waals surface area contributed by atoms with Crippen LogP contribution in [0.25, 0.3) is 0 Å². The van der Waals surface area contributed by atoms with Crippen molar-refractivity contribution in [2.45, 2.75) is 31.8 Å². The molecule has 1 N–H and O–H groups in total. The molecule has 1 fully saturated rings. The van der Waals surface area contributed by atoms with Crippen LogP contribution in [0.5, 0.6) is 0 Å². The third-order valence-corrected chi connectivity index (χ3v) is 4.15. The van der Waals surface area contributed by atoms with Crippen molar-refractivity contribution in [3.05, 3.63) is 18.5 Å². The maximum absolute atomic E-state index is 12.3. The second kappa shape index (κ2) is 5.92. The Balaban J connectivity index is 2.00. The van der Waals surface area contributed by atoms with Crippen molar-refractivity contribution in [1.29, 1.82) is 0 Å². The lowest BCUT2D eigenvalue weighted by Crippen LogP contribution is -2.50. The van der Waals surface area contributed by atoms with Crippen LogP contribution >= 0.6 is 0 Å². The molecule has 2 atom stereocenters. The van der Waals surface area contributed by atoms with Gasteiger partial charge in [0.25, 0.3) is 0 Å². The lowest BCUT2D eigenvalue weighted by Gasteiger charge is -2.34. The lowest BCUT2D eigenvalue weighted by molar-refractivity contribution is -0.134. The van der Waals surface area contributed by atoms with Crippen molar-refractivity contribution >= 4 is 15.9 Å². The molecule has 112 valence electrons. The summed E-state index contributed by atoms with van der Waals surface area (Å²) in [4.78, 5) is 14.0. The minimum atomic E-state index is -3.38. The Kier molecular flexibility index (Phi) is 4.44. The number of hydrogen-bond acceptors (Lipinski definition) is 4. The Hall–Kier alpha value is -1.41. The standard InChI is InChI=1S/C12H20N4O3S/c1-10(14-20(2,18)19)12(17)15-7-3-5-11(9-15)16-8-4-6-13-16/h4,6,8,10-11,14H,3,5,7,9H2,1-2H3/t10-,11-/m0/s1. The molecule has 1 saturated heterocycles. The van der Waals surface area contributed by atoms with Crippen molar-refractivity contribution in [1.82, 2.24) is 19.4 Å². The fourth-order valence-corrected chi connectivity index (χ4v) is 3.26. The average Bonchev–Trinajstić information content (AvgIpc) is 2.90. The Morgan fingerprint density at radius 2 is 2.25 bits per heavy atom. The summed E-state index contributed by atoms with van der Waals surface area (Å²) in [6, 6.07) is 1.28. The lowest BCUT2D eigenvalue weighted by atomic mass is 10.1. The third-order valence-electron chi connectivity index (χ3n) is 3.37. The highest BCUT2D eigenvalue weighted by atomic mass is 32.2. The second-order valence-electron chi connectivity index (χ2n) is 5.18. The van der Waals surface area contributed by atoms with Gasteiger partial charge in [-0.2, -0.15) is 5.10 Å². The molecule has 0 aromatic carbocycles. The van der Waals surface area contributed by atoms with E-state index in [2.05, 4.69) is 9.82 Å². The van der Waals surface area contributed by atoms with E-state index in [0.29, 0.717) is 13.1 Å². The van der Waals surface area contributed by atoms with Crippen LogP contribution in [0.1, 0.15) is 25.8 Å². The third kappa shape index (κ3) is 3.80. The smallest absolute Gasteiger partial charge is 0.240 e. The highest BCUT2D eigenvalue weighted by Crippen LogP contribution is 2.21. The van der Waals surface area contributed by atoms with E-state index in [9.17, 15) is 13.2 Å². The van der Waals surface area contributed by atoms with Crippen LogP contribution in [0.2, 0.25) is 0 Å². The Morgan fingerprint density at radius 1 is 1.50 bits per heavy atom. The van der Waals surface area contributed by atoms with Crippen molar-refractivity contribution in [2.75, 3.05) is 19.3 Å². The van der Waals surface area contributed by atoms with Gasteiger partial charge in [-0.3, -0.25) is 9.48 Å². The number of hydrogen-bond donors (Lipinski definition) is 1. The number of carbonyl (C=O) groups is 1. The van der Waals surface area contributed by atoms with Gasteiger partial charge in [-0.25, -0.2) is 13.1 Å². The van der Waals surface area contributed by atoms with E-state index in [0.717, 1.165) is 19.1 Å². The summed E-state index contributed by atoms with van der Waals surface area (Å²) in [6.45, 7) is 2.80. The number of amides is 1. The van der Waals surface area contributed by atoms with Crippen LogP contribution in [0.15, 0.2) is 18.5 Å². The number of carbonyl (C=O) groups excluding carboxylic acids is 1. The maximum atomic E-state index is 12.3. The average molecular weight is 300 g/mol. The van der Waals surface area contributed by atoms with E-state index in [1.165, 1.54) is 0 Å². The molecule has 1 aliphatic heterocycles. The summed E-state index contributed by atoms with van der Waals surface area (Å²) < 4.78 is 26.5. The summed E-state index contributed by atoms with van der Waals surface area (Å²) >= 11 is 0. The van der Waals surface area contributed by atoms with Crippen molar-refractivity contribution in [3.8, 4) is 0 Å². The molecule has 2 rings (SSSR count). The molecule has 8 heteroatoms. The van der Waals surface area contributed by atoms with Gasteiger partial charge in [0.05, 0.1) is 18.3 Å². The summed E-state index contributed by atoms with van der Waals surface area (Å²) in [5.41, 5.74) is 0. The van der Waals surface area contributed by atoms with E-state index in [-0.39, 0.29) is 11.9 Å². The number of sulfonamides is 1. The molecule has 0 spiro atoms. The first-order valence-electron chi connectivity index (χ1n) is 6.62. The quantitative estimate of drug-likeness (QED) is 0.847. The molecule has 0 bridgehead atoms. The minimum Gasteiger partial charge on any atom is -0.339 e. The van der Waals surface area contributed by atoms with Crippen molar-refractivity contribution in [3.63, 3.8) is 0 Å². The minimum absolute atomic E-state index is 0.160. The molecule has 1 amide bonds. The monoisotopic (exact) mass is 300 g/mol. The SMILES string of the molecule is C[C@H](NS(C)(=O)=O)C(=O)N1CCC[C@H](n2cccn2)C1. The van der Waals surface area contributed by atoms with E-state index in [1.54, 1.807) is 18.0 Å². The molecule has 20 heavy (non-hydrogen) atoms. The van der Waals surface area contributed by atoms with Crippen molar-refractivity contribution < 1.29 is 13.2 Å². The zero-order valence-corrected chi connectivity index (χ0v) is 12.5. The first kappa shape index (κ1) is 15.0. The molecule has 1 aromatic rings. The number of nitrogens with one attached hydrogen (secondary N) is 1. The largest absolute Gasteiger partial charge is 0.339 e. The van der Waals surface area contributed by atoms with Crippen LogP contribution in [0.4, 0.5) is 0 Å². The summed E-state index contributed by atoms with van der Waals surface area (Å²) in [7, 11) is -3.38. The van der Waals surface area contributed by atoms with Crippen LogP contribution in [0, 0.1) is 0 Å². The molecular formula is C12H20N4O3S. The molecule has 7 nitrogen and oxygen atoms in total. The molecule has 1 aromatic heterocycles. The van der Waals surface area contributed by atoms with Gasteiger partial charge in [-0.1, -0.05) is 0 Å². The molecule has 0 unspecified atom stereocenters. The number of rotatable bonds is 4. The first-order chi connectivity index (χ1) is 9.37. The van der Waals surface area contributed by atoms with Gasteiger partial charge in [0, 0.05) is 25.5 Å². The highest BCUT2D eigenvalue weighted by Gasteiger charge is 2.28. The van der Waals surface area contributed by atoms with E-state index < -0.39 is 16.1 Å². The summed E-state index contributed by atoms with van der Waals surface area (Å²) in [6.07, 6.45) is 6.52. The van der Waals surface area contributed by atoms with Crippen LogP contribution < -0.4 is 4.72 Å². The van der Waals surface area contributed by atoms with E-state index in [4.69, 9.17) is 0 Å². The van der Waals surface area contributed by atoms with Gasteiger partial charge in [0.15, 0.2) is 0 Å². The van der Waals surface area contributed by atoms with Crippen LogP contribution in [-0.2, 0) is 14.8 Å². The number of nitrogens with zero attached hydrogens (tertiary/aromatic N) is 3. The van der Waals surface area contributed by atoms with Gasteiger partial charge in [-0.15, -0.1) is 0 Å². The van der Waals surface area contributed by atoms with Gasteiger partial charge >= 0.3 is 0 Å². The molecule has 1 aliphatic rings. The topological polar surface area (TPSA) is 84.3 Å². The number of aromatic nitrogens is 2. The molecule has 0 saturated carbocycles. The van der Waals surface area contributed by atoms with Gasteiger partial charge in [-0.05, 0) is 25.8 Å². The van der Waals surface area contributed by atoms with Crippen molar-refractivity contribution in [2.24, 2.45) is 0 Å². The Morgan fingerprint density at radius 3 is 2.85 bits per heavy atom. The predicted octanol–water partition coefficient (Wildman–Crippen LogP) is -0.0157. The van der Waals surface area contributed by atoms with Crippen LogP contribution in [0.3, 0.4) is 0 Å². The van der Waals surface area contributed by atoms with E-state index >= 15 is 0 Å². The molecule has 0 aliphatic carbocycles. The highest BCUT2D eigenvalue weighted by molar-refractivity contribution is 7.88. The zero-order valence-electron chi connectivity index (χ0n) is 11.7.